The molecule has 2 nitrogen and oxygen atoms in total. The lowest BCUT2D eigenvalue weighted by Gasteiger charge is -2.10. The molecule has 0 aliphatic rings. The molecule has 3 aromatic carbocycles. The standard InChI is InChI=1S/C30H27F3O2/c1-3-5-7-8-21-14-16-25(29(33)27(21)31)20-12-10-19(11-13-20)24-17-15-22-18-23(9-6-4-2)35-30(34)26(22)28(24)32/h3,5,10-18H,4,6-9H2,1-2H3/b5-3+. The van der Waals surface area contributed by atoms with Gasteiger partial charge in [0.05, 0.1) is 0 Å². The van der Waals surface area contributed by atoms with Gasteiger partial charge in [-0.25, -0.2) is 18.0 Å². The Hall–Kier alpha value is -3.60. The largest absolute Gasteiger partial charge is 0.427 e. The van der Waals surface area contributed by atoms with Gasteiger partial charge in [0.2, 0.25) is 0 Å². The van der Waals surface area contributed by atoms with E-state index in [0.717, 1.165) is 12.8 Å². The average Bonchev–Trinajstić information content (AvgIpc) is 2.86. The second kappa shape index (κ2) is 10.8. The van der Waals surface area contributed by atoms with E-state index >= 15 is 4.39 Å². The Kier molecular flexibility index (Phi) is 7.54. The van der Waals surface area contributed by atoms with Crippen molar-refractivity contribution in [3.8, 4) is 22.3 Å². The van der Waals surface area contributed by atoms with Crippen LogP contribution in [0.5, 0.6) is 0 Å². The van der Waals surface area contributed by atoms with Gasteiger partial charge < -0.3 is 4.42 Å². The average molecular weight is 477 g/mol. The fourth-order valence-corrected chi connectivity index (χ4v) is 4.23. The molecule has 0 aliphatic heterocycles. The highest BCUT2D eigenvalue weighted by Gasteiger charge is 2.17. The van der Waals surface area contributed by atoms with Crippen LogP contribution in [-0.2, 0) is 12.8 Å². The van der Waals surface area contributed by atoms with Crippen LogP contribution >= 0.6 is 0 Å². The third-order valence-corrected chi connectivity index (χ3v) is 6.18. The SMILES string of the molecule is C/C=C/CCc1ccc(-c2ccc(-c3ccc4cc(CCCC)oc(=O)c4c3F)cc2)c(F)c1F. The quantitative estimate of drug-likeness (QED) is 0.239. The molecule has 5 heteroatoms. The first-order valence-corrected chi connectivity index (χ1v) is 11.9. The number of benzene rings is 3. The highest BCUT2D eigenvalue weighted by Crippen LogP contribution is 2.32. The first kappa shape index (κ1) is 24.5. The number of rotatable bonds is 8. The molecule has 0 spiro atoms. The molecule has 180 valence electrons. The number of fused-ring (bicyclic) bond motifs is 1. The lowest BCUT2D eigenvalue weighted by Crippen LogP contribution is -2.05. The Morgan fingerprint density at radius 2 is 1.49 bits per heavy atom. The van der Waals surface area contributed by atoms with E-state index in [0.29, 0.717) is 47.1 Å². The molecule has 4 aromatic rings. The zero-order valence-corrected chi connectivity index (χ0v) is 19.8. The summed E-state index contributed by atoms with van der Waals surface area (Å²) in [5.74, 6) is -1.86. The minimum atomic E-state index is -0.899. The molecule has 4 rings (SSSR count). The van der Waals surface area contributed by atoms with E-state index in [-0.39, 0.29) is 16.5 Å². The molecule has 0 N–H and O–H groups in total. The van der Waals surface area contributed by atoms with Crippen LogP contribution in [0.1, 0.15) is 44.4 Å². The van der Waals surface area contributed by atoms with Crippen LogP contribution in [0.3, 0.4) is 0 Å². The van der Waals surface area contributed by atoms with Gasteiger partial charge in [0.15, 0.2) is 11.6 Å². The molecule has 0 atom stereocenters. The number of aryl methyl sites for hydroxylation is 2. The number of hydrogen-bond acceptors (Lipinski definition) is 2. The van der Waals surface area contributed by atoms with Crippen LogP contribution in [0.2, 0.25) is 0 Å². The third-order valence-electron chi connectivity index (χ3n) is 6.18. The molecule has 1 heterocycles. The maximum atomic E-state index is 15.3. The van der Waals surface area contributed by atoms with Crippen LogP contribution in [0.15, 0.2) is 76.0 Å². The van der Waals surface area contributed by atoms with Gasteiger partial charge in [0.1, 0.15) is 17.0 Å². The van der Waals surface area contributed by atoms with E-state index in [2.05, 4.69) is 0 Å². The van der Waals surface area contributed by atoms with E-state index in [1.165, 1.54) is 0 Å². The monoisotopic (exact) mass is 476 g/mol. The fourth-order valence-electron chi connectivity index (χ4n) is 4.23. The lowest BCUT2D eigenvalue weighted by atomic mass is 9.96. The number of unbranched alkanes of at least 4 members (excludes halogenated alkanes) is 1. The minimum absolute atomic E-state index is 0.0894. The molecule has 0 fully saturated rings. The van der Waals surface area contributed by atoms with Crippen LogP contribution in [0, 0.1) is 17.5 Å². The van der Waals surface area contributed by atoms with E-state index in [1.54, 1.807) is 54.6 Å². The zero-order valence-electron chi connectivity index (χ0n) is 19.8. The van der Waals surface area contributed by atoms with Crippen molar-refractivity contribution >= 4 is 10.8 Å². The molecule has 0 radical (unpaired) electrons. The summed E-state index contributed by atoms with van der Waals surface area (Å²) in [6.45, 7) is 3.93. The Labute approximate surface area is 202 Å². The maximum absolute atomic E-state index is 15.3. The summed E-state index contributed by atoms with van der Waals surface area (Å²) in [5, 5.41) is 0.408. The topological polar surface area (TPSA) is 30.2 Å². The molecule has 0 saturated carbocycles. The van der Waals surface area contributed by atoms with E-state index < -0.39 is 23.1 Å². The van der Waals surface area contributed by atoms with Crippen molar-refractivity contribution in [3.63, 3.8) is 0 Å². The fraction of sp³-hybridized carbons (Fsp3) is 0.233. The zero-order chi connectivity index (χ0) is 24.9. The van der Waals surface area contributed by atoms with Crippen molar-refractivity contribution in [2.24, 2.45) is 0 Å². The van der Waals surface area contributed by atoms with Gasteiger partial charge >= 0.3 is 5.63 Å². The number of hydrogen-bond donors (Lipinski definition) is 0. The van der Waals surface area contributed by atoms with Gasteiger partial charge in [-0.2, -0.15) is 0 Å². The van der Waals surface area contributed by atoms with Gasteiger partial charge in [-0.05, 0) is 54.3 Å². The summed E-state index contributed by atoms with van der Waals surface area (Å²) in [6, 6.07) is 14.7. The van der Waals surface area contributed by atoms with Gasteiger partial charge in [0, 0.05) is 17.5 Å². The van der Waals surface area contributed by atoms with Crippen molar-refractivity contribution in [1.29, 1.82) is 0 Å². The smallest absolute Gasteiger partial charge is 0.346 e. The van der Waals surface area contributed by atoms with Crippen molar-refractivity contribution in [1.82, 2.24) is 0 Å². The first-order chi connectivity index (χ1) is 16.9. The summed E-state index contributed by atoms with van der Waals surface area (Å²) in [6.07, 6.45) is 7.30. The van der Waals surface area contributed by atoms with Crippen LogP contribution < -0.4 is 5.63 Å². The van der Waals surface area contributed by atoms with Crippen LogP contribution in [-0.4, -0.2) is 0 Å². The lowest BCUT2D eigenvalue weighted by molar-refractivity contribution is 0.458. The van der Waals surface area contributed by atoms with E-state index in [1.807, 2.05) is 26.0 Å². The molecule has 0 amide bonds. The molecule has 0 bridgehead atoms. The predicted molar refractivity (Wildman–Crippen MR) is 135 cm³/mol. The minimum Gasteiger partial charge on any atom is -0.427 e. The second-order valence-corrected chi connectivity index (χ2v) is 8.58. The predicted octanol–water partition coefficient (Wildman–Crippen LogP) is 8.40. The van der Waals surface area contributed by atoms with Crippen molar-refractivity contribution in [2.45, 2.75) is 46.0 Å². The van der Waals surface area contributed by atoms with Crippen LogP contribution in [0.4, 0.5) is 13.2 Å². The molecular formula is C30H27F3O2. The Morgan fingerprint density at radius 3 is 2.14 bits per heavy atom. The van der Waals surface area contributed by atoms with Crippen molar-refractivity contribution in [3.05, 3.63) is 106 Å². The molecule has 0 unspecified atom stereocenters. The normalized spacial score (nSPS) is 11.6. The second-order valence-electron chi connectivity index (χ2n) is 8.58. The summed E-state index contributed by atoms with van der Waals surface area (Å²) < 4.78 is 50.0. The summed E-state index contributed by atoms with van der Waals surface area (Å²) in [5.41, 5.74) is 1.01. The van der Waals surface area contributed by atoms with Crippen molar-refractivity contribution < 1.29 is 17.6 Å². The van der Waals surface area contributed by atoms with Crippen LogP contribution in [0.25, 0.3) is 33.0 Å². The highest BCUT2D eigenvalue weighted by molar-refractivity contribution is 5.87. The summed E-state index contributed by atoms with van der Waals surface area (Å²) >= 11 is 0. The van der Waals surface area contributed by atoms with Crippen molar-refractivity contribution in [2.75, 3.05) is 0 Å². The molecule has 35 heavy (non-hydrogen) atoms. The highest BCUT2D eigenvalue weighted by atomic mass is 19.2. The van der Waals surface area contributed by atoms with Gasteiger partial charge in [-0.15, -0.1) is 0 Å². The molecule has 0 aliphatic carbocycles. The van der Waals surface area contributed by atoms with Gasteiger partial charge in [-0.1, -0.05) is 74.0 Å². The maximum Gasteiger partial charge on any atom is 0.346 e. The summed E-state index contributed by atoms with van der Waals surface area (Å²) in [7, 11) is 0. The van der Waals surface area contributed by atoms with E-state index in [9.17, 15) is 13.6 Å². The Bertz CT molecular complexity index is 1430. The molecule has 1 aromatic heterocycles. The number of allylic oxidation sites excluding steroid dienone is 2. The van der Waals surface area contributed by atoms with Gasteiger partial charge in [0.25, 0.3) is 0 Å². The summed E-state index contributed by atoms with van der Waals surface area (Å²) in [4.78, 5) is 12.5. The van der Waals surface area contributed by atoms with E-state index in [4.69, 9.17) is 4.42 Å². The Balaban J connectivity index is 1.65. The Morgan fingerprint density at radius 1 is 0.829 bits per heavy atom. The molecular weight excluding hydrogens is 449 g/mol. The first-order valence-electron chi connectivity index (χ1n) is 11.9. The van der Waals surface area contributed by atoms with Gasteiger partial charge in [-0.3, -0.25) is 0 Å². The number of halogens is 3. The third kappa shape index (κ3) is 5.09. The molecule has 0 saturated heterocycles.